The molecule has 1 saturated heterocycles. The molecule has 0 radical (unpaired) electrons. The summed E-state index contributed by atoms with van der Waals surface area (Å²) in [5.41, 5.74) is 6.84. The fourth-order valence-corrected chi connectivity index (χ4v) is 6.02. The van der Waals surface area contributed by atoms with Crippen LogP contribution in [0.1, 0.15) is 63.1 Å². The smallest absolute Gasteiger partial charge is 0.253 e. The highest BCUT2D eigenvalue weighted by atomic mass is 16.7. The first-order chi connectivity index (χ1) is 23.1. The molecule has 2 N–H and O–H groups in total. The number of amides is 1. The van der Waals surface area contributed by atoms with Crippen molar-refractivity contribution >= 4 is 5.91 Å². The number of benzene rings is 4. The van der Waals surface area contributed by atoms with Gasteiger partial charge in [-0.1, -0.05) is 116 Å². The van der Waals surface area contributed by atoms with Gasteiger partial charge in [-0.15, -0.1) is 0 Å². The van der Waals surface area contributed by atoms with Gasteiger partial charge in [-0.2, -0.15) is 0 Å². The van der Waals surface area contributed by atoms with Crippen LogP contribution >= 0.6 is 0 Å². The Kier molecular flexibility index (Phi) is 10.8. The maximum Gasteiger partial charge on any atom is 0.253 e. The summed E-state index contributed by atoms with van der Waals surface area (Å²) in [6, 6.07) is 40.6. The number of aromatic nitrogens is 1. The average Bonchev–Trinajstić information content (AvgIpc) is 3.13. The maximum atomic E-state index is 12.5. The predicted molar refractivity (Wildman–Crippen MR) is 182 cm³/mol. The van der Waals surface area contributed by atoms with Crippen molar-refractivity contribution in [1.82, 2.24) is 15.2 Å². The van der Waals surface area contributed by atoms with E-state index in [9.17, 15) is 9.90 Å². The minimum Gasteiger partial charge on any atom is -0.392 e. The third-order valence-electron chi connectivity index (χ3n) is 8.69. The molecule has 240 valence electrons. The minimum absolute atomic E-state index is 0.00130. The first kappa shape index (κ1) is 32.3. The number of nitrogens with one attached hydrogen (secondary N) is 1. The lowest BCUT2D eigenvalue weighted by Crippen LogP contribution is -2.44. The van der Waals surface area contributed by atoms with E-state index in [1.807, 2.05) is 60.7 Å². The van der Waals surface area contributed by atoms with Crippen molar-refractivity contribution in [1.29, 1.82) is 0 Å². The molecule has 2 heterocycles. The SMILES string of the molecule is C[C@H]1[C@@H](CN(Cc2ccccc2)Cc2ccccc2)O[C@@H](c2ccc(CNC(=O)c3cccnc3)cc2)O[C@H]1c1ccc(CO)cc1. The van der Waals surface area contributed by atoms with Crippen LogP contribution in [0.3, 0.4) is 0 Å². The molecule has 6 rings (SSSR count). The summed E-state index contributed by atoms with van der Waals surface area (Å²) in [4.78, 5) is 19.0. The molecule has 7 heteroatoms. The fraction of sp³-hybridized carbons (Fsp3) is 0.250. The number of aliphatic hydroxyl groups excluding tert-OH is 1. The summed E-state index contributed by atoms with van der Waals surface area (Å²) in [7, 11) is 0. The molecule has 5 aromatic rings. The Hall–Kier alpha value is -4.66. The third kappa shape index (κ3) is 8.58. The van der Waals surface area contributed by atoms with E-state index in [0.717, 1.165) is 35.3 Å². The van der Waals surface area contributed by atoms with Crippen molar-refractivity contribution in [2.75, 3.05) is 6.54 Å². The quantitative estimate of drug-likeness (QED) is 0.155. The van der Waals surface area contributed by atoms with Crippen LogP contribution < -0.4 is 5.32 Å². The molecule has 0 unspecified atom stereocenters. The van der Waals surface area contributed by atoms with Gasteiger partial charge in [0, 0.05) is 50.1 Å². The van der Waals surface area contributed by atoms with Crippen molar-refractivity contribution in [2.24, 2.45) is 5.92 Å². The number of rotatable bonds is 12. The molecule has 0 bridgehead atoms. The lowest BCUT2D eigenvalue weighted by Gasteiger charge is -2.43. The lowest BCUT2D eigenvalue weighted by atomic mass is 9.89. The predicted octanol–water partition coefficient (Wildman–Crippen LogP) is 7.00. The summed E-state index contributed by atoms with van der Waals surface area (Å²) >= 11 is 0. The van der Waals surface area contributed by atoms with Crippen molar-refractivity contribution in [3.05, 3.63) is 173 Å². The second-order valence-corrected chi connectivity index (χ2v) is 12.1. The zero-order valence-electron chi connectivity index (χ0n) is 26.6. The number of hydrogen-bond acceptors (Lipinski definition) is 6. The molecule has 7 nitrogen and oxygen atoms in total. The molecule has 1 aliphatic heterocycles. The first-order valence-electron chi connectivity index (χ1n) is 16.1. The Morgan fingerprint density at radius 2 is 1.36 bits per heavy atom. The van der Waals surface area contributed by atoms with Crippen molar-refractivity contribution < 1.29 is 19.4 Å². The molecule has 0 spiro atoms. The summed E-state index contributed by atoms with van der Waals surface area (Å²) in [6.07, 6.45) is 2.30. The Morgan fingerprint density at radius 3 is 1.96 bits per heavy atom. The van der Waals surface area contributed by atoms with E-state index in [-0.39, 0.29) is 30.6 Å². The zero-order valence-corrected chi connectivity index (χ0v) is 26.6. The summed E-state index contributed by atoms with van der Waals surface area (Å²) in [5.74, 6) is -0.106. The number of nitrogens with zero attached hydrogens (tertiary/aromatic N) is 2. The molecule has 1 fully saturated rings. The summed E-state index contributed by atoms with van der Waals surface area (Å²) in [5, 5.41) is 12.6. The third-order valence-corrected chi connectivity index (χ3v) is 8.69. The van der Waals surface area contributed by atoms with Gasteiger partial charge >= 0.3 is 0 Å². The van der Waals surface area contributed by atoms with E-state index in [4.69, 9.17) is 9.47 Å². The van der Waals surface area contributed by atoms with E-state index in [2.05, 4.69) is 70.7 Å². The monoisotopic (exact) mass is 627 g/mol. The molecular formula is C40H41N3O4. The molecule has 1 aliphatic rings. The molecule has 4 aromatic carbocycles. The van der Waals surface area contributed by atoms with E-state index in [1.54, 1.807) is 24.5 Å². The van der Waals surface area contributed by atoms with Gasteiger partial charge < -0.3 is 19.9 Å². The Labute approximate surface area is 276 Å². The molecule has 0 saturated carbocycles. The molecule has 1 aromatic heterocycles. The van der Waals surface area contributed by atoms with Gasteiger partial charge in [0.25, 0.3) is 5.91 Å². The van der Waals surface area contributed by atoms with Gasteiger partial charge in [0.05, 0.1) is 24.4 Å². The molecule has 4 atom stereocenters. The highest BCUT2D eigenvalue weighted by molar-refractivity contribution is 5.93. The number of pyridine rings is 1. The molecular weight excluding hydrogens is 586 g/mol. The van der Waals surface area contributed by atoms with Crippen molar-refractivity contribution in [2.45, 2.75) is 51.7 Å². The van der Waals surface area contributed by atoms with Crippen LogP contribution in [0.5, 0.6) is 0 Å². The first-order valence-corrected chi connectivity index (χ1v) is 16.1. The van der Waals surface area contributed by atoms with Crippen LogP contribution in [0.15, 0.2) is 134 Å². The van der Waals surface area contributed by atoms with Crippen LogP contribution in [0.2, 0.25) is 0 Å². The average molecular weight is 628 g/mol. The fourth-order valence-electron chi connectivity index (χ4n) is 6.02. The van der Waals surface area contributed by atoms with Gasteiger partial charge in [0.2, 0.25) is 0 Å². The van der Waals surface area contributed by atoms with E-state index in [1.165, 1.54) is 11.1 Å². The van der Waals surface area contributed by atoms with Crippen LogP contribution in [0.25, 0.3) is 0 Å². The highest BCUT2D eigenvalue weighted by Gasteiger charge is 2.39. The maximum absolute atomic E-state index is 12.5. The van der Waals surface area contributed by atoms with Crippen LogP contribution in [0, 0.1) is 5.92 Å². The number of carbonyl (C=O) groups excluding carboxylic acids is 1. The minimum atomic E-state index is -0.576. The molecule has 1 amide bonds. The Bertz CT molecular complexity index is 1640. The standard InChI is InChI=1S/C40H41N3O4/c1-29-37(27-43(25-31-9-4-2-5-10-31)26-32-11-6-3-7-12-32)46-40(47-38(29)34-18-16-33(28-44)17-19-34)35-20-14-30(15-21-35)23-42-39(45)36-13-8-22-41-24-36/h2-22,24,29,37-38,40,44H,23,25-28H2,1H3,(H,42,45)/t29-,37+,38+,40+/m0/s1. The second-order valence-electron chi connectivity index (χ2n) is 12.1. The molecule has 0 aliphatic carbocycles. The van der Waals surface area contributed by atoms with Crippen LogP contribution in [0.4, 0.5) is 0 Å². The van der Waals surface area contributed by atoms with Gasteiger partial charge in [0.15, 0.2) is 6.29 Å². The van der Waals surface area contributed by atoms with E-state index in [0.29, 0.717) is 18.7 Å². The van der Waals surface area contributed by atoms with E-state index >= 15 is 0 Å². The van der Waals surface area contributed by atoms with E-state index < -0.39 is 6.29 Å². The Balaban J connectivity index is 1.22. The number of hydrogen-bond donors (Lipinski definition) is 2. The Morgan fingerprint density at radius 1 is 0.745 bits per heavy atom. The van der Waals surface area contributed by atoms with Gasteiger partial charge in [-0.25, -0.2) is 0 Å². The number of carbonyl (C=O) groups is 1. The van der Waals surface area contributed by atoms with Crippen molar-refractivity contribution in [3.63, 3.8) is 0 Å². The van der Waals surface area contributed by atoms with Gasteiger partial charge in [-0.05, 0) is 39.9 Å². The topological polar surface area (TPSA) is 83.9 Å². The zero-order chi connectivity index (χ0) is 32.4. The van der Waals surface area contributed by atoms with Crippen molar-refractivity contribution in [3.8, 4) is 0 Å². The molecule has 47 heavy (non-hydrogen) atoms. The number of aliphatic hydroxyl groups is 1. The highest BCUT2D eigenvalue weighted by Crippen LogP contribution is 2.42. The van der Waals surface area contributed by atoms with Crippen LogP contribution in [-0.2, 0) is 35.7 Å². The lowest BCUT2D eigenvalue weighted by molar-refractivity contribution is -0.276. The van der Waals surface area contributed by atoms with Gasteiger partial charge in [0.1, 0.15) is 0 Å². The largest absolute Gasteiger partial charge is 0.392 e. The van der Waals surface area contributed by atoms with Crippen LogP contribution in [-0.4, -0.2) is 33.5 Å². The van der Waals surface area contributed by atoms with Gasteiger partial charge in [-0.3, -0.25) is 14.7 Å². The summed E-state index contributed by atoms with van der Waals surface area (Å²) in [6.45, 7) is 4.90. The summed E-state index contributed by atoms with van der Waals surface area (Å²) < 4.78 is 13.5. The second kappa shape index (κ2) is 15.8. The number of ether oxygens (including phenoxy) is 2. The normalized spacial score (nSPS) is 19.4.